The second-order valence-electron chi connectivity index (χ2n) is 4.19. The summed E-state index contributed by atoms with van der Waals surface area (Å²) in [5.41, 5.74) is 0.603. The number of benzene rings is 1. The Balaban J connectivity index is 2.09. The number of hydrogen-bond donors (Lipinski definition) is 1. The van der Waals surface area contributed by atoms with E-state index in [0.717, 1.165) is 0 Å². The van der Waals surface area contributed by atoms with Crippen molar-refractivity contribution in [1.82, 2.24) is 4.90 Å². The summed E-state index contributed by atoms with van der Waals surface area (Å²) >= 11 is 0. The maximum atomic E-state index is 12.1. The van der Waals surface area contributed by atoms with Gasteiger partial charge in [0.15, 0.2) is 0 Å². The first-order chi connectivity index (χ1) is 8.26. The number of amides is 1. The van der Waals surface area contributed by atoms with E-state index in [1.54, 1.807) is 17.0 Å². The Kier molecular flexibility index (Phi) is 3.64. The monoisotopic (exact) mass is 235 g/mol. The van der Waals surface area contributed by atoms with Gasteiger partial charge in [-0.3, -0.25) is 4.79 Å². The van der Waals surface area contributed by atoms with Crippen LogP contribution in [0.2, 0.25) is 0 Å². The van der Waals surface area contributed by atoms with Gasteiger partial charge in [-0.15, -0.1) is 0 Å². The number of hydrogen-bond acceptors (Lipinski definition) is 3. The van der Waals surface area contributed by atoms with E-state index in [4.69, 9.17) is 9.84 Å². The number of nitrogens with zero attached hydrogens (tertiary/aromatic N) is 1. The van der Waals surface area contributed by atoms with E-state index >= 15 is 0 Å². The van der Waals surface area contributed by atoms with Crippen LogP contribution >= 0.6 is 0 Å². The Bertz CT molecular complexity index is 399. The highest BCUT2D eigenvalue weighted by molar-refractivity contribution is 5.97. The van der Waals surface area contributed by atoms with Gasteiger partial charge in [0.2, 0.25) is 0 Å². The lowest BCUT2D eigenvalue weighted by Gasteiger charge is -2.38. The zero-order valence-electron chi connectivity index (χ0n) is 9.93. The standard InChI is InChI=1S/C13H17NO3/c1-2-17-12-6-4-3-5-11(12)13(16)14-7-10(8-14)9-15/h3-6,10,15H,2,7-9H2,1H3. The molecule has 0 spiro atoms. The van der Waals surface area contributed by atoms with Crippen LogP contribution in [-0.2, 0) is 0 Å². The summed E-state index contributed by atoms with van der Waals surface area (Å²) in [7, 11) is 0. The Morgan fingerprint density at radius 2 is 2.18 bits per heavy atom. The molecule has 1 heterocycles. The molecule has 0 aliphatic carbocycles. The molecule has 1 saturated heterocycles. The van der Waals surface area contributed by atoms with Crippen LogP contribution in [0.3, 0.4) is 0 Å². The molecule has 1 fully saturated rings. The van der Waals surface area contributed by atoms with Crippen molar-refractivity contribution in [2.24, 2.45) is 5.92 Å². The Morgan fingerprint density at radius 1 is 1.47 bits per heavy atom. The number of aliphatic hydroxyl groups excluding tert-OH is 1. The summed E-state index contributed by atoms with van der Waals surface area (Å²) in [6.45, 7) is 3.86. The summed E-state index contributed by atoms with van der Waals surface area (Å²) in [5, 5.41) is 8.93. The molecular formula is C13H17NO3. The lowest BCUT2D eigenvalue weighted by Crippen LogP contribution is -2.51. The molecule has 0 radical (unpaired) electrons. The molecular weight excluding hydrogens is 218 g/mol. The molecule has 4 heteroatoms. The summed E-state index contributed by atoms with van der Waals surface area (Å²) < 4.78 is 5.43. The average Bonchev–Trinajstić information content (AvgIpc) is 2.28. The summed E-state index contributed by atoms with van der Waals surface area (Å²) in [5.74, 6) is 0.851. The van der Waals surface area contributed by atoms with Crippen LogP contribution in [0.4, 0.5) is 0 Å². The highest BCUT2D eigenvalue weighted by atomic mass is 16.5. The van der Waals surface area contributed by atoms with Gasteiger partial charge in [0.1, 0.15) is 5.75 Å². The minimum Gasteiger partial charge on any atom is -0.493 e. The zero-order chi connectivity index (χ0) is 12.3. The number of para-hydroxylation sites is 1. The molecule has 0 bridgehead atoms. The maximum absolute atomic E-state index is 12.1. The molecule has 92 valence electrons. The zero-order valence-corrected chi connectivity index (χ0v) is 9.93. The van der Waals surface area contributed by atoms with Gasteiger partial charge in [-0.2, -0.15) is 0 Å². The first-order valence-corrected chi connectivity index (χ1v) is 5.88. The second kappa shape index (κ2) is 5.19. The van der Waals surface area contributed by atoms with Crippen molar-refractivity contribution in [3.8, 4) is 5.75 Å². The van der Waals surface area contributed by atoms with Crippen molar-refractivity contribution in [3.05, 3.63) is 29.8 Å². The lowest BCUT2D eigenvalue weighted by molar-refractivity contribution is 0.0359. The first-order valence-electron chi connectivity index (χ1n) is 5.88. The highest BCUT2D eigenvalue weighted by Crippen LogP contribution is 2.24. The predicted molar refractivity (Wildman–Crippen MR) is 64.1 cm³/mol. The number of carbonyl (C=O) groups is 1. The van der Waals surface area contributed by atoms with Crippen LogP contribution in [0.15, 0.2) is 24.3 Å². The molecule has 1 aromatic rings. The Labute approximate surface area is 101 Å². The number of carbonyl (C=O) groups excluding carboxylic acids is 1. The van der Waals surface area contributed by atoms with Crippen LogP contribution < -0.4 is 4.74 Å². The Morgan fingerprint density at radius 3 is 2.82 bits per heavy atom. The first kappa shape index (κ1) is 11.9. The van der Waals surface area contributed by atoms with Crippen molar-refractivity contribution in [1.29, 1.82) is 0 Å². The predicted octanol–water partition coefficient (Wildman–Crippen LogP) is 1.15. The van der Waals surface area contributed by atoms with Gasteiger partial charge in [0.25, 0.3) is 5.91 Å². The van der Waals surface area contributed by atoms with Crippen LogP contribution in [0.5, 0.6) is 5.75 Å². The van der Waals surface area contributed by atoms with Crippen molar-refractivity contribution < 1.29 is 14.6 Å². The molecule has 0 atom stereocenters. The molecule has 0 unspecified atom stereocenters. The third-order valence-electron chi connectivity index (χ3n) is 2.92. The second-order valence-corrected chi connectivity index (χ2v) is 4.19. The molecule has 2 rings (SSSR count). The number of likely N-dealkylation sites (tertiary alicyclic amines) is 1. The van der Waals surface area contributed by atoms with Crippen LogP contribution in [-0.4, -0.2) is 42.2 Å². The number of ether oxygens (including phenoxy) is 1. The largest absolute Gasteiger partial charge is 0.493 e. The van der Waals surface area contributed by atoms with E-state index < -0.39 is 0 Å². The van der Waals surface area contributed by atoms with E-state index in [0.29, 0.717) is 31.0 Å². The van der Waals surface area contributed by atoms with E-state index in [2.05, 4.69) is 0 Å². The summed E-state index contributed by atoms with van der Waals surface area (Å²) in [4.78, 5) is 13.9. The van der Waals surface area contributed by atoms with Crippen LogP contribution in [0, 0.1) is 5.92 Å². The molecule has 17 heavy (non-hydrogen) atoms. The third-order valence-corrected chi connectivity index (χ3v) is 2.92. The van der Waals surface area contributed by atoms with E-state index in [9.17, 15) is 4.79 Å². The quantitative estimate of drug-likeness (QED) is 0.851. The van der Waals surface area contributed by atoms with Gasteiger partial charge in [-0.25, -0.2) is 0 Å². The number of aliphatic hydroxyl groups is 1. The smallest absolute Gasteiger partial charge is 0.257 e. The van der Waals surface area contributed by atoms with Gasteiger partial charge < -0.3 is 14.7 Å². The van der Waals surface area contributed by atoms with E-state index in [1.165, 1.54) is 0 Å². The normalized spacial score (nSPS) is 15.5. The SMILES string of the molecule is CCOc1ccccc1C(=O)N1CC(CO)C1. The minimum atomic E-state index is -0.0150. The number of rotatable bonds is 4. The van der Waals surface area contributed by atoms with E-state index in [-0.39, 0.29) is 18.4 Å². The molecule has 0 aromatic heterocycles. The van der Waals surface area contributed by atoms with E-state index in [1.807, 2.05) is 19.1 Å². The summed E-state index contributed by atoms with van der Waals surface area (Å²) in [6.07, 6.45) is 0. The van der Waals surface area contributed by atoms with Crippen molar-refractivity contribution in [2.45, 2.75) is 6.92 Å². The molecule has 1 N–H and O–H groups in total. The van der Waals surface area contributed by atoms with Gasteiger partial charge >= 0.3 is 0 Å². The average molecular weight is 235 g/mol. The van der Waals surface area contributed by atoms with Gasteiger partial charge in [-0.1, -0.05) is 12.1 Å². The van der Waals surface area contributed by atoms with Crippen molar-refractivity contribution >= 4 is 5.91 Å². The minimum absolute atomic E-state index is 0.0150. The molecule has 1 amide bonds. The third kappa shape index (κ3) is 2.42. The van der Waals surface area contributed by atoms with Crippen LogP contribution in [0.1, 0.15) is 17.3 Å². The molecule has 1 aromatic carbocycles. The topological polar surface area (TPSA) is 49.8 Å². The maximum Gasteiger partial charge on any atom is 0.257 e. The summed E-state index contributed by atoms with van der Waals surface area (Å²) in [6, 6.07) is 7.27. The molecule has 4 nitrogen and oxygen atoms in total. The van der Waals surface area contributed by atoms with Crippen LogP contribution in [0.25, 0.3) is 0 Å². The Hall–Kier alpha value is -1.55. The van der Waals surface area contributed by atoms with Gasteiger partial charge in [-0.05, 0) is 19.1 Å². The van der Waals surface area contributed by atoms with Gasteiger partial charge in [0.05, 0.1) is 12.2 Å². The van der Waals surface area contributed by atoms with Crippen molar-refractivity contribution in [2.75, 3.05) is 26.3 Å². The molecule has 1 aliphatic rings. The van der Waals surface area contributed by atoms with Crippen molar-refractivity contribution in [3.63, 3.8) is 0 Å². The highest BCUT2D eigenvalue weighted by Gasteiger charge is 2.31. The fourth-order valence-electron chi connectivity index (χ4n) is 1.95. The lowest BCUT2D eigenvalue weighted by atomic mass is 10.00. The van der Waals surface area contributed by atoms with Gasteiger partial charge in [0, 0.05) is 25.6 Å². The molecule has 0 saturated carbocycles. The molecule has 1 aliphatic heterocycles. The fraction of sp³-hybridized carbons (Fsp3) is 0.462. The fourth-order valence-corrected chi connectivity index (χ4v) is 1.95.